The maximum Gasteiger partial charge on any atom is 0.364 e. The molecule has 3 saturated heterocycles. The van der Waals surface area contributed by atoms with Crippen molar-refractivity contribution < 1.29 is 124 Å². The summed E-state index contributed by atoms with van der Waals surface area (Å²) in [5, 5.41) is 155. The van der Waals surface area contributed by atoms with E-state index in [-0.39, 0.29) is 0 Å². The number of hydrogen-bond donors (Lipinski definition) is 17. The van der Waals surface area contributed by atoms with Crippen molar-refractivity contribution in [2.45, 2.75) is 149 Å². The average Bonchev–Trinajstić information content (AvgIpc) is 3.17. The van der Waals surface area contributed by atoms with Crippen molar-refractivity contribution in [3.63, 3.8) is 0 Å². The van der Waals surface area contributed by atoms with E-state index >= 15 is 0 Å². The molecule has 3 rings (SSSR count). The van der Waals surface area contributed by atoms with Crippen LogP contribution in [0.15, 0.2) is 0 Å². The van der Waals surface area contributed by atoms with Gasteiger partial charge in [0.2, 0.25) is 17.7 Å². The minimum atomic E-state index is -3.35. The molecule has 28 nitrogen and oxygen atoms in total. The quantitative estimate of drug-likeness (QED) is 0.0572. The molecular weight excluding hydrogens is 838 g/mol. The van der Waals surface area contributed by atoms with Crippen molar-refractivity contribution in [1.82, 2.24) is 16.0 Å². The van der Waals surface area contributed by atoms with Crippen LogP contribution < -0.4 is 16.0 Å². The van der Waals surface area contributed by atoms with E-state index < -0.39 is 183 Å². The largest absolute Gasteiger partial charge is 0.477 e. The Hall–Kier alpha value is -3.82. The molecule has 350 valence electrons. The summed E-state index contributed by atoms with van der Waals surface area (Å²) >= 11 is 0. The number of aliphatic carboxylic acids is 3. The number of carboxylic acids is 3. The summed E-state index contributed by atoms with van der Waals surface area (Å²) < 4.78 is 27.3. The van der Waals surface area contributed by atoms with Crippen molar-refractivity contribution >= 4 is 35.6 Å². The van der Waals surface area contributed by atoms with Gasteiger partial charge >= 0.3 is 17.9 Å². The first-order valence-electron chi connectivity index (χ1n) is 18.5. The van der Waals surface area contributed by atoms with Crippen LogP contribution in [-0.2, 0) is 52.5 Å². The fraction of sp³-hybridized carbons (Fsp3) is 0.818. The maximum atomic E-state index is 13.0. The van der Waals surface area contributed by atoms with Gasteiger partial charge in [-0.1, -0.05) is 0 Å². The first kappa shape index (κ1) is 51.5. The molecule has 3 fully saturated rings. The summed E-state index contributed by atoms with van der Waals surface area (Å²) in [6, 6.07) is -5.34. The summed E-state index contributed by atoms with van der Waals surface area (Å²) in [4.78, 5) is 73.8. The molecule has 0 aromatic carbocycles. The fourth-order valence-electron chi connectivity index (χ4n) is 7.32. The topological polar surface area (TPSA) is 468 Å². The zero-order valence-corrected chi connectivity index (χ0v) is 32.7. The fourth-order valence-corrected chi connectivity index (χ4v) is 7.32. The lowest BCUT2D eigenvalue weighted by Gasteiger charge is -2.50. The van der Waals surface area contributed by atoms with Gasteiger partial charge in [0.25, 0.3) is 17.4 Å². The predicted molar refractivity (Wildman–Crippen MR) is 188 cm³/mol. The van der Waals surface area contributed by atoms with Gasteiger partial charge in [0.05, 0.1) is 56.3 Å². The van der Waals surface area contributed by atoms with E-state index in [1.54, 1.807) is 0 Å². The summed E-state index contributed by atoms with van der Waals surface area (Å²) in [6.07, 6.45) is -30.5. The number of aliphatic hydroxyl groups is 11. The van der Waals surface area contributed by atoms with Crippen LogP contribution in [-0.4, -0.2) is 236 Å². The summed E-state index contributed by atoms with van der Waals surface area (Å²) in [5.74, 6) is -18.9. The van der Waals surface area contributed by atoms with Gasteiger partial charge in [0.15, 0.2) is 0 Å². The molecule has 61 heavy (non-hydrogen) atoms. The van der Waals surface area contributed by atoms with Crippen molar-refractivity contribution in [1.29, 1.82) is 0 Å². The van der Waals surface area contributed by atoms with E-state index in [4.69, 9.17) is 23.7 Å². The minimum Gasteiger partial charge on any atom is -0.477 e. The Morgan fingerprint density at radius 1 is 0.557 bits per heavy atom. The number of carbonyl (C=O) groups is 6. The number of carbonyl (C=O) groups excluding carboxylic acids is 3. The standard InChI is InChI=1S/C33H53N3O25/c1-10(40)34-19-13(43)4-31(56,28(50)51)59-26(19)23(48)17(8-38)57-33(30(54)55)6-15(45)21(36-12(3)42)27(61-33)24(49)18(9-39)58-32(29(52)53)5-14(44)20(35-11(2)41)25(60-32)22(47)16(46)7-37/h13-27,37-39,43-49,56H,4-9H2,1-3H3,(H,34,40)(H,35,41)(H,36,42)(H,50,51)(H,52,53)(H,54,55)/t13-,14-,15-,16+,17+,18+,19+,20+,21+,22+,23+,24+,25+,26+,27+,31+,32+,33+/m0/s1. The molecule has 28 heteroatoms. The van der Waals surface area contributed by atoms with Crippen LogP contribution in [0.3, 0.4) is 0 Å². The Kier molecular flexibility index (Phi) is 17.4. The predicted octanol–water partition coefficient (Wildman–Crippen LogP) is -9.52. The Labute approximate surface area is 344 Å². The Balaban J connectivity index is 2.08. The molecule has 3 amide bonds. The van der Waals surface area contributed by atoms with Gasteiger partial charge in [-0.15, -0.1) is 0 Å². The van der Waals surface area contributed by atoms with E-state index in [1.165, 1.54) is 0 Å². The SMILES string of the molecule is CC(=O)N[C@H]1[C@H]([C@H](O)[C@H](O)CO)O[C@@](O[C@H](CO)[C@@H](O)[C@@H]2O[C@@](O[C@H](CO)[C@@H](O)[C@@H]3O[C@@](O)(C(=O)O)C[C@H](O)[C@H]3NC(C)=O)(C(=O)O)C[C@H](O)[C@H]2NC(C)=O)(C(=O)O)C[C@@H]1O. The summed E-state index contributed by atoms with van der Waals surface area (Å²) in [6.45, 7) is -1.20. The van der Waals surface area contributed by atoms with Crippen molar-refractivity contribution in [3.8, 4) is 0 Å². The second-order valence-electron chi connectivity index (χ2n) is 14.8. The van der Waals surface area contributed by atoms with E-state index in [0.717, 1.165) is 20.8 Å². The first-order valence-corrected chi connectivity index (χ1v) is 18.5. The molecule has 0 unspecified atom stereocenters. The molecule has 0 radical (unpaired) electrons. The maximum absolute atomic E-state index is 13.0. The highest BCUT2D eigenvalue weighted by atomic mass is 16.8. The molecule has 3 aliphatic rings. The molecule has 17 N–H and O–H groups in total. The second kappa shape index (κ2) is 20.6. The highest BCUT2D eigenvalue weighted by Gasteiger charge is 2.62. The number of hydrogen-bond acceptors (Lipinski definition) is 22. The van der Waals surface area contributed by atoms with Gasteiger partial charge in [-0.05, 0) is 0 Å². The number of amides is 3. The molecule has 3 heterocycles. The Morgan fingerprint density at radius 3 is 1.18 bits per heavy atom. The van der Waals surface area contributed by atoms with Crippen molar-refractivity contribution in [3.05, 3.63) is 0 Å². The molecule has 0 aromatic heterocycles. The molecule has 18 atom stereocenters. The molecule has 0 saturated carbocycles. The lowest BCUT2D eigenvalue weighted by molar-refractivity contribution is -0.356. The van der Waals surface area contributed by atoms with Crippen LogP contribution >= 0.6 is 0 Å². The Bertz CT molecular complexity index is 1590. The van der Waals surface area contributed by atoms with Crippen LogP contribution in [0.5, 0.6) is 0 Å². The zero-order valence-electron chi connectivity index (χ0n) is 32.7. The van der Waals surface area contributed by atoms with E-state index in [1.807, 2.05) is 0 Å². The number of ether oxygens (including phenoxy) is 5. The third-order valence-electron chi connectivity index (χ3n) is 10.2. The lowest BCUT2D eigenvalue weighted by Crippen LogP contribution is -2.71. The number of rotatable bonds is 19. The molecular formula is C33H53N3O25. The molecule has 0 aliphatic carbocycles. The average molecular weight is 892 g/mol. The highest BCUT2D eigenvalue weighted by molar-refractivity contribution is 5.78. The molecule has 0 aromatic rings. The molecule has 0 spiro atoms. The minimum absolute atomic E-state index is 0.842. The Morgan fingerprint density at radius 2 is 0.885 bits per heavy atom. The van der Waals surface area contributed by atoms with E-state index in [9.17, 15) is 100 Å². The van der Waals surface area contributed by atoms with Crippen LogP contribution in [0.1, 0.15) is 40.0 Å². The van der Waals surface area contributed by atoms with E-state index in [0.29, 0.717) is 0 Å². The van der Waals surface area contributed by atoms with Crippen LogP contribution in [0, 0.1) is 0 Å². The van der Waals surface area contributed by atoms with Crippen LogP contribution in [0.2, 0.25) is 0 Å². The third-order valence-corrected chi connectivity index (χ3v) is 10.2. The van der Waals surface area contributed by atoms with E-state index in [2.05, 4.69) is 16.0 Å². The second-order valence-corrected chi connectivity index (χ2v) is 14.8. The normalized spacial score (nSPS) is 37.2. The summed E-state index contributed by atoms with van der Waals surface area (Å²) in [5.41, 5.74) is 0. The van der Waals surface area contributed by atoms with Gasteiger partial charge in [0.1, 0.15) is 54.9 Å². The number of carboxylic acid groups (broad SMARTS) is 3. The number of aliphatic hydroxyl groups excluding tert-OH is 10. The monoisotopic (exact) mass is 891 g/mol. The van der Waals surface area contributed by atoms with Gasteiger partial charge in [-0.2, -0.15) is 0 Å². The third kappa shape index (κ3) is 11.4. The van der Waals surface area contributed by atoms with Gasteiger partial charge in [-0.3, -0.25) is 14.4 Å². The molecule has 0 bridgehead atoms. The first-order chi connectivity index (χ1) is 28.2. The smallest absolute Gasteiger partial charge is 0.364 e. The summed E-state index contributed by atoms with van der Waals surface area (Å²) in [7, 11) is 0. The number of nitrogens with one attached hydrogen (secondary N) is 3. The zero-order chi connectivity index (χ0) is 46.5. The highest BCUT2D eigenvalue weighted by Crippen LogP contribution is 2.39. The van der Waals surface area contributed by atoms with Gasteiger partial charge < -0.3 is 111 Å². The van der Waals surface area contributed by atoms with Crippen molar-refractivity contribution in [2.24, 2.45) is 0 Å². The van der Waals surface area contributed by atoms with Crippen LogP contribution in [0.25, 0.3) is 0 Å². The van der Waals surface area contributed by atoms with Gasteiger partial charge in [-0.25, -0.2) is 14.4 Å². The van der Waals surface area contributed by atoms with Crippen LogP contribution in [0.4, 0.5) is 0 Å². The lowest BCUT2D eigenvalue weighted by atomic mass is 9.86. The molecule has 3 aliphatic heterocycles. The van der Waals surface area contributed by atoms with Gasteiger partial charge in [0, 0.05) is 40.0 Å². The van der Waals surface area contributed by atoms with Crippen molar-refractivity contribution in [2.75, 3.05) is 19.8 Å².